The molecule has 1 rings (SSSR count). The first-order valence-electron chi connectivity index (χ1n) is 10.4. The van der Waals surface area contributed by atoms with Gasteiger partial charge < -0.3 is 14.9 Å². The Bertz CT molecular complexity index is 477. The zero-order valence-corrected chi connectivity index (χ0v) is 17.6. The van der Waals surface area contributed by atoms with Crippen molar-refractivity contribution in [1.29, 1.82) is 0 Å². The normalized spacial score (nSPS) is 24.1. The van der Waals surface area contributed by atoms with Gasteiger partial charge in [-0.25, -0.2) is 0 Å². The van der Waals surface area contributed by atoms with Crippen LogP contribution in [0.4, 0.5) is 0 Å². The Morgan fingerprint density at radius 3 is 2.56 bits per heavy atom. The third-order valence-corrected chi connectivity index (χ3v) is 6.39. The number of thioether (sulfide) groups is 1. The van der Waals surface area contributed by atoms with Gasteiger partial charge in [-0.1, -0.05) is 50.7 Å². The zero-order chi connectivity index (χ0) is 20.1. The molecule has 0 heterocycles. The molecule has 156 valence electrons. The fraction of sp³-hybridized carbons (Fsp3) is 0.810. The molecular formula is C21H36O5S. The molecule has 1 aliphatic rings. The molecule has 2 N–H and O–H groups in total. The summed E-state index contributed by atoms with van der Waals surface area (Å²) >= 11 is 1.38. The molecule has 6 heteroatoms. The molecule has 0 saturated heterocycles. The van der Waals surface area contributed by atoms with Gasteiger partial charge >= 0.3 is 11.9 Å². The van der Waals surface area contributed by atoms with Crippen molar-refractivity contribution in [1.82, 2.24) is 0 Å². The summed E-state index contributed by atoms with van der Waals surface area (Å²) in [6.45, 7) is 4.33. The van der Waals surface area contributed by atoms with Gasteiger partial charge in [-0.05, 0) is 38.5 Å². The van der Waals surface area contributed by atoms with Gasteiger partial charge in [-0.3, -0.25) is 9.59 Å². The fourth-order valence-corrected chi connectivity index (χ4v) is 4.82. The van der Waals surface area contributed by atoms with Crippen LogP contribution in [0.15, 0.2) is 11.6 Å². The molecule has 0 amide bonds. The summed E-state index contributed by atoms with van der Waals surface area (Å²) < 4.78 is 4.99. The summed E-state index contributed by atoms with van der Waals surface area (Å²) in [4.78, 5) is 22.8. The van der Waals surface area contributed by atoms with Crippen molar-refractivity contribution in [3.8, 4) is 0 Å². The average molecular weight is 401 g/mol. The van der Waals surface area contributed by atoms with E-state index in [1.54, 1.807) is 6.92 Å². The van der Waals surface area contributed by atoms with Gasteiger partial charge in [0.2, 0.25) is 0 Å². The Labute approximate surface area is 167 Å². The molecule has 27 heavy (non-hydrogen) atoms. The van der Waals surface area contributed by atoms with E-state index in [1.165, 1.54) is 43.9 Å². The fourth-order valence-electron chi connectivity index (χ4n) is 3.58. The highest BCUT2D eigenvalue weighted by atomic mass is 32.2. The number of carbonyl (C=O) groups is 2. The summed E-state index contributed by atoms with van der Waals surface area (Å²) in [5, 5.41) is 19.6. The molecule has 0 aromatic rings. The summed E-state index contributed by atoms with van der Waals surface area (Å²) in [7, 11) is 0. The van der Waals surface area contributed by atoms with Gasteiger partial charge in [-0.15, -0.1) is 11.8 Å². The number of rotatable bonds is 13. The lowest BCUT2D eigenvalue weighted by molar-refractivity contribution is -0.140. The Morgan fingerprint density at radius 1 is 1.19 bits per heavy atom. The minimum Gasteiger partial charge on any atom is -0.481 e. The minimum atomic E-state index is -0.882. The van der Waals surface area contributed by atoms with Crippen LogP contribution in [-0.2, 0) is 14.3 Å². The number of allylic oxidation sites excluding steroid dienone is 1. The van der Waals surface area contributed by atoms with Crippen molar-refractivity contribution >= 4 is 23.7 Å². The van der Waals surface area contributed by atoms with E-state index in [4.69, 9.17) is 9.84 Å². The van der Waals surface area contributed by atoms with Crippen LogP contribution < -0.4 is 0 Å². The molecule has 0 aromatic heterocycles. The maximum absolute atomic E-state index is 11.7. The SMILES string of the molecule is CCCCCCCCC=C1CCC(CC(=O)O)C(O)[C@H]1SCC(=O)OCC. The van der Waals surface area contributed by atoms with Crippen LogP contribution in [0, 0.1) is 5.92 Å². The summed E-state index contributed by atoms with van der Waals surface area (Å²) in [6.07, 6.45) is 11.4. The molecule has 5 nitrogen and oxygen atoms in total. The first kappa shape index (κ1) is 24.0. The molecule has 1 aliphatic carbocycles. The van der Waals surface area contributed by atoms with Crippen molar-refractivity contribution in [2.45, 2.75) is 89.4 Å². The number of esters is 1. The van der Waals surface area contributed by atoms with Crippen LogP contribution in [0.25, 0.3) is 0 Å². The van der Waals surface area contributed by atoms with E-state index in [0.717, 1.165) is 24.8 Å². The van der Waals surface area contributed by atoms with Crippen molar-refractivity contribution in [3.63, 3.8) is 0 Å². The number of ether oxygens (including phenoxy) is 1. The van der Waals surface area contributed by atoms with Gasteiger partial charge in [-0.2, -0.15) is 0 Å². The van der Waals surface area contributed by atoms with Crippen LogP contribution in [-0.4, -0.2) is 45.9 Å². The number of hydrogen-bond donors (Lipinski definition) is 2. The smallest absolute Gasteiger partial charge is 0.315 e. The van der Waals surface area contributed by atoms with E-state index >= 15 is 0 Å². The molecule has 0 aliphatic heterocycles. The third-order valence-electron chi connectivity index (χ3n) is 5.05. The van der Waals surface area contributed by atoms with Crippen molar-refractivity contribution in [2.24, 2.45) is 5.92 Å². The highest BCUT2D eigenvalue weighted by Crippen LogP contribution is 2.38. The highest BCUT2D eigenvalue weighted by molar-refractivity contribution is 8.00. The number of aliphatic hydroxyl groups excluding tert-OH is 1. The summed E-state index contributed by atoms with van der Waals surface area (Å²) in [5.74, 6) is -1.24. The van der Waals surface area contributed by atoms with Crippen molar-refractivity contribution in [3.05, 3.63) is 11.6 Å². The molecule has 3 atom stereocenters. The predicted octanol–water partition coefficient (Wildman–Crippen LogP) is 4.57. The van der Waals surface area contributed by atoms with Crippen LogP contribution >= 0.6 is 11.8 Å². The Hall–Kier alpha value is -1.01. The Morgan fingerprint density at radius 2 is 1.89 bits per heavy atom. The maximum Gasteiger partial charge on any atom is 0.315 e. The number of carbonyl (C=O) groups excluding carboxylic acids is 1. The van der Waals surface area contributed by atoms with Gasteiger partial charge in [0.15, 0.2) is 0 Å². The quantitative estimate of drug-likeness (QED) is 0.268. The van der Waals surface area contributed by atoms with Crippen molar-refractivity contribution < 1.29 is 24.5 Å². The van der Waals surface area contributed by atoms with Gasteiger partial charge in [0.25, 0.3) is 0 Å². The lowest BCUT2D eigenvalue weighted by atomic mass is 9.80. The second kappa shape index (κ2) is 14.1. The van der Waals surface area contributed by atoms with Crippen LogP contribution in [0.5, 0.6) is 0 Å². The maximum atomic E-state index is 11.7. The van der Waals surface area contributed by atoms with Crippen LogP contribution in [0.1, 0.15) is 78.1 Å². The monoisotopic (exact) mass is 400 g/mol. The molecule has 0 spiro atoms. The Balaban J connectivity index is 2.61. The number of carboxylic acids is 1. The number of aliphatic hydroxyl groups is 1. The summed E-state index contributed by atoms with van der Waals surface area (Å²) in [6, 6.07) is 0. The topological polar surface area (TPSA) is 83.8 Å². The first-order chi connectivity index (χ1) is 13.0. The second-order valence-corrected chi connectivity index (χ2v) is 8.39. The Kier molecular flexibility index (Phi) is 12.5. The molecule has 0 bridgehead atoms. The standard InChI is InChI=1S/C21H36O5S/c1-3-5-6-7-8-9-10-11-16-12-13-17(14-18(22)23)20(25)21(16)27-15-19(24)26-4-2/h11,17,20-21,25H,3-10,12-15H2,1-2H3,(H,22,23)/t17?,20?,21-/m0/s1. The average Bonchev–Trinajstić information content (AvgIpc) is 2.62. The molecular weight excluding hydrogens is 364 g/mol. The van der Waals surface area contributed by atoms with E-state index in [-0.39, 0.29) is 29.3 Å². The second-order valence-electron chi connectivity index (χ2n) is 7.26. The van der Waals surface area contributed by atoms with E-state index in [1.807, 2.05) is 0 Å². The van der Waals surface area contributed by atoms with E-state index in [2.05, 4.69) is 13.0 Å². The number of aliphatic carboxylic acids is 1. The van der Waals surface area contributed by atoms with E-state index < -0.39 is 12.1 Å². The highest BCUT2D eigenvalue weighted by Gasteiger charge is 2.36. The lowest BCUT2D eigenvalue weighted by Crippen LogP contribution is -2.39. The molecule has 0 radical (unpaired) electrons. The van der Waals surface area contributed by atoms with Crippen LogP contribution in [0.3, 0.4) is 0 Å². The zero-order valence-electron chi connectivity index (χ0n) is 16.8. The van der Waals surface area contributed by atoms with Gasteiger partial charge in [0, 0.05) is 0 Å². The van der Waals surface area contributed by atoms with E-state index in [0.29, 0.717) is 13.0 Å². The molecule has 1 fully saturated rings. The van der Waals surface area contributed by atoms with E-state index in [9.17, 15) is 14.7 Å². The number of carboxylic acid groups (broad SMARTS) is 1. The lowest BCUT2D eigenvalue weighted by Gasteiger charge is -2.36. The number of unbranched alkanes of at least 4 members (excludes halogenated alkanes) is 6. The van der Waals surface area contributed by atoms with Crippen LogP contribution in [0.2, 0.25) is 0 Å². The number of hydrogen-bond acceptors (Lipinski definition) is 5. The molecule has 0 aromatic carbocycles. The largest absolute Gasteiger partial charge is 0.481 e. The predicted molar refractivity (Wildman–Crippen MR) is 110 cm³/mol. The molecule has 1 saturated carbocycles. The van der Waals surface area contributed by atoms with Gasteiger partial charge in [0.05, 0.1) is 30.1 Å². The van der Waals surface area contributed by atoms with Gasteiger partial charge in [0.1, 0.15) is 0 Å². The minimum absolute atomic E-state index is 0.0255. The van der Waals surface area contributed by atoms with Crippen molar-refractivity contribution in [2.75, 3.05) is 12.4 Å². The molecule has 2 unspecified atom stereocenters. The summed E-state index contributed by atoms with van der Waals surface area (Å²) in [5.41, 5.74) is 1.16. The first-order valence-corrected chi connectivity index (χ1v) is 11.4. The third kappa shape index (κ3) is 9.65.